The molecule has 2 atom stereocenters. The second kappa shape index (κ2) is 11.3. The van der Waals surface area contributed by atoms with Crippen molar-refractivity contribution in [3.63, 3.8) is 0 Å². The van der Waals surface area contributed by atoms with Gasteiger partial charge in [0.25, 0.3) is 0 Å². The minimum atomic E-state index is -1.20. The van der Waals surface area contributed by atoms with E-state index in [-0.39, 0.29) is 19.6 Å². The van der Waals surface area contributed by atoms with E-state index in [1.54, 1.807) is 19.1 Å². The minimum Gasteiger partial charge on any atom is -0.497 e. The van der Waals surface area contributed by atoms with Crippen molar-refractivity contribution in [2.45, 2.75) is 31.6 Å². The summed E-state index contributed by atoms with van der Waals surface area (Å²) in [4.78, 5) is 54.2. The van der Waals surface area contributed by atoms with Gasteiger partial charge >= 0.3 is 12.0 Å². The number of rotatable bonds is 8. The summed E-state index contributed by atoms with van der Waals surface area (Å²) in [5.74, 6) is -1.31. The van der Waals surface area contributed by atoms with Gasteiger partial charge in [-0.1, -0.05) is 42.5 Å². The van der Waals surface area contributed by atoms with E-state index in [1.807, 2.05) is 54.6 Å². The molecule has 2 aliphatic heterocycles. The number of carbonyl (C=O) groups is 4. The number of hydrogen-bond donors (Lipinski definition) is 2. The molecule has 2 aromatic carbocycles. The molecule has 11 nitrogen and oxygen atoms in total. The van der Waals surface area contributed by atoms with Crippen LogP contribution >= 0.6 is 0 Å². The van der Waals surface area contributed by atoms with Gasteiger partial charge in [-0.2, -0.15) is 0 Å². The van der Waals surface area contributed by atoms with Crippen LogP contribution in [-0.4, -0.2) is 94.7 Å². The van der Waals surface area contributed by atoms with E-state index >= 15 is 0 Å². The number of nitrogens with one attached hydrogen (secondary N) is 1. The van der Waals surface area contributed by atoms with E-state index in [0.717, 1.165) is 16.9 Å². The maximum absolute atomic E-state index is 13.4. The molecule has 0 saturated carbocycles. The summed E-state index contributed by atoms with van der Waals surface area (Å²) in [6.07, 6.45) is -0.852. The van der Waals surface area contributed by atoms with Crippen molar-refractivity contribution in [2.75, 3.05) is 33.8 Å². The summed E-state index contributed by atoms with van der Waals surface area (Å²) < 4.78 is 5.19. The first kappa shape index (κ1) is 26.0. The number of ether oxygens (including phenoxy) is 1. The molecular formula is C26H31N5O6. The van der Waals surface area contributed by atoms with Crippen LogP contribution in [0.1, 0.15) is 17.5 Å². The number of fused-ring (bicyclic) bond motifs is 1. The fourth-order valence-electron chi connectivity index (χ4n) is 4.78. The van der Waals surface area contributed by atoms with Crippen LogP contribution in [-0.2, 0) is 27.3 Å². The van der Waals surface area contributed by atoms with Crippen molar-refractivity contribution in [1.29, 1.82) is 0 Å². The molecule has 2 N–H and O–H groups in total. The molecule has 0 bridgehead atoms. The van der Waals surface area contributed by atoms with Gasteiger partial charge in [-0.25, -0.2) is 14.8 Å². The second-order valence-electron chi connectivity index (χ2n) is 9.08. The van der Waals surface area contributed by atoms with E-state index < -0.39 is 42.4 Å². The highest BCUT2D eigenvalue weighted by Crippen LogP contribution is 2.27. The molecule has 0 aromatic heterocycles. The van der Waals surface area contributed by atoms with Crippen LogP contribution in [0.2, 0.25) is 0 Å². The molecule has 2 heterocycles. The zero-order chi connectivity index (χ0) is 26.5. The number of hydrazine groups is 1. The zero-order valence-electron chi connectivity index (χ0n) is 20.9. The first-order chi connectivity index (χ1) is 17.8. The average Bonchev–Trinajstić information content (AvgIpc) is 2.88. The lowest BCUT2D eigenvalue weighted by atomic mass is 10.0. The fraction of sp³-hybridized carbons (Fsp3) is 0.385. The van der Waals surface area contributed by atoms with Crippen LogP contribution in [0.25, 0.3) is 0 Å². The summed E-state index contributed by atoms with van der Waals surface area (Å²) in [7, 11) is 3.21. The molecule has 0 radical (unpaired) electrons. The summed E-state index contributed by atoms with van der Waals surface area (Å²) >= 11 is 0. The van der Waals surface area contributed by atoms with Crippen molar-refractivity contribution in [3.05, 3.63) is 65.7 Å². The van der Waals surface area contributed by atoms with Gasteiger partial charge < -0.3 is 25.0 Å². The Morgan fingerprint density at radius 1 is 1.05 bits per heavy atom. The highest BCUT2D eigenvalue weighted by atomic mass is 16.5. The van der Waals surface area contributed by atoms with E-state index in [9.17, 15) is 24.3 Å². The van der Waals surface area contributed by atoms with E-state index in [4.69, 9.17) is 4.74 Å². The first-order valence-corrected chi connectivity index (χ1v) is 12.0. The number of carbonyl (C=O) groups excluding carboxylic acids is 3. The lowest BCUT2D eigenvalue weighted by Gasteiger charge is -2.54. The molecule has 11 heteroatoms. The summed E-state index contributed by atoms with van der Waals surface area (Å²) in [6.45, 7) is 0.511. The molecule has 2 saturated heterocycles. The largest absolute Gasteiger partial charge is 0.497 e. The van der Waals surface area contributed by atoms with E-state index in [0.29, 0.717) is 13.0 Å². The standard InChI is InChI=1S/C26H31N5O6/c1-28-17-23(32)30-21(14-24(33)34)25(35)29(13-12-18-8-10-20(37-2)11-9-18)16-22(30)31(28)26(36)27-15-19-6-4-3-5-7-19/h3-11,21-22H,12-17H2,1-2H3,(H,27,36)(H,33,34)/t21-,22-/m0/s1. The smallest absolute Gasteiger partial charge is 0.334 e. The lowest BCUT2D eigenvalue weighted by Crippen LogP contribution is -2.76. The van der Waals surface area contributed by atoms with Crippen molar-refractivity contribution >= 4 is 23.8 Å². The molecule has 0 aliphatic carbocycles. The minimum absolute atomic E-state index is 0.0694. The first-order valence-electron chi connectivity index (χ1n) is 12.0. The molecule has 4 rings (SSSR count). The lowest BCUT2D eigenvalue weighted by molar-refractivity contribution is -0.188. The number of carboxylic acids is 1. The Kier molecular flexibility index (Phi) is 7.92. The van der Waals surface area contributed by atoms with E-state index in [2.05, 4.69) is 5.32 Å². The van der Waals surface area contributed by atoms with Gasteiger partial charge in [0.2, 0.25) is 11.8 Å². The SMILES string of the molecule is COc1ccc(CCN2C[C@H]3N(C(=O)CN(C)N3C(=O)NCc3ccccc3)[C@@H](CC(=O)O)C2=O)cc1. The molecule has 0 spiro atoms. The number of methoxy groups -OCH3 is 1. The Labute approximate surface area is 215 Å². The van der Waals surface area contributed by atoms with Crippen molar-refractivity contribution in [3.8, 4) is 5.75 Å². The summed E-state index contributed by atoms with van der Waals surface area (Å²) in [6, 6.07) is 15.2. The predicted molar refractivity (Wildman–Crippen MR) is 133 cm³/mol. The van der Waals surface area contributed by atoms with Gasteiger partial charge in [0.15, 0.2) is 0 Å². The number of carboxylic acid groups (broad SMARTS) is 1. The van der Waals surface area contributed by atoms with Gasteiger partial charge in [-0.15, -0.1) is 0 Å². The van der Waals surface area contributed by atoms with Gasteiger partial charge in [0, 0.05) is 20.1 Å². The number of likely N-dealkylation sites (N-methyl/N-ethyl adjacent to an activating group) is 1. The molecule has 2 aliphatic rings. The van der Waals surface area contributed by atoms with Crippen LogP contribution in [0.5, 0.6) is 5.75 Å². The zero-order valence-corrected chi connectivity index (χ0v) is 20.9. The number of benzene rings is 2. The highest BCUT2D eigenvalue weighted by Gasteiger charge is 2.51. The third-order valence-corrected chi connectivity index (χ3v) is 6.63. The van der Waals surface area contributed by atoms with Crippen LogP contribution < -0.4 is 10.1 Å². The van der Waals surface area contributed by atoms with Crippen molar-refractivity contribution < 1.29 is 29.0 Å². The Balaban J connectivity index is 1.56. The van der Waals surface area contributed by atoms with Crippen LogP contribution in [0.4, 0.5) is 4.79 Å². The number of nitrogens with zero attached hydrogens (tertiary/aromatic N) is 4. The molecule has 37 heavy (non-hydrogen) atoms. The normalized spacial score (nSPS) is 20.0. The van der Waals surface area contributed by atoms with Gasteiger partial charge in [0.1, 0.15) is 18.0 Å². The summed E-state index contributed by atoms with van der Waals surface area (Å²) in [5, 5.41) is 15.3. The number of urea groups is 1. The van der Waals surface area contributed by atoms with Gasteiger partial charge in [-0.3, -0.25) is 14.4 Å². The predicted octanol–water partition coefficient (Wildman–Crippen LogP) is 1.15. The van der Waals surface area contributed by atoms with Crippen LogP contribution in [0, 0.1) is 0 Å². The van der Waals surface area contributed by atoms with Crippen LogP contribution in [0.15, 0.2) is 54.6 Å². The molecule has 0 unspecified atom stereocenters. The average molecular weight is 510 g/mol. The number of aliphatic carboxylic acids is 1. The highest BCUT2D eigenvalue weighted by molar-refractivity contribution is 5.93. The third kappa shape index (κ3) is 5.83. The summed E-state index contributed by atoms with van der Waals surface area (Å²) in [5.41, 5.74) is 1.88. The van der Waals surface area contributed by atoms with E-state index in [1.165, 1.54) is 14.9 Å². The van der Waals surface area contributed by atoms with Gasteiger partial charge in [0.05, 0.1) is 26.6 Å². The van der Waals surface area contributed by atoms with Crippen LogP contribution in [0.3, 0.4) is 0 Å². The van der Waals surface area contributed by atoms with Gasteiger partial charge in [-0.05, 0) is 29.7 Å². The molecule has 2 fully saturated rings. The quantitative estimate of drug-likeness (QED) is 0.547. The fourth-order valence-corrected chi connectivity index (χ4v) is 4.78. The Morgan fingerprint density at radius 3 is 2.41 bits per heavy atom. The number of hydrogen-bond acceptors (Lipinski definition) is 6. The molecule has 2 aromatic rings. The number of piperazine rings is 1. The van der Waals surface area contributed by atoms with Crippen molar-refractivity contribution in [2.24, 2.45) is 0 Å². The monoisotopic (exact) mass is 509 g/mol. The Hall–Kier alpha value is -4.12. The molecule has 4 amide bonds. The molecule has 196 valence electrons. The maximum atomic E-state index is 13.4. The number of amides is 4. The molecular weight excluding hydrogens is 478 g/mol. The Bertz CT molecular complexity index is 1140. The third-order valence-electron chi connectivity index (χ3n) is 6.63. The topological polar surface area (TPSA) is 123 Å². The second-order valence-corrected chi connectivity index (χ2v) is 9.08. The Morgan fingerprint density at radius 2 is 1.76 bits per heavy atom. The van der Waals surface area contributed by atoms with Crippen molar-refractivity contribution in [1.82, 2.24) is 25.1 Å². The maximum Gasteiger partial charge on any atom is 0.334 e.